The zero-order valence-electron chi connectivity index (χ0n) is 40.6. The number of nitrogens with one attached hydrogen (secondary N) is 4. The van der Waals surface area contributed by atoms with Crippen molar-refractivity contribution in [2.24, 2.45) is 0 Å². The van der Waals surface area contributed by atoms with Crippen LogP contribution in [-0.4, -0.2) is 75.5 Å². The lowest BCUT2D eigenvalue weighted by atomic mass is 10.1. The second kappa shape index (κ2) is 23.7. The molecular formula is C53H55FN4O13S. The third kappa shape index (κ3) is 14.2. The smallest absolute Gasteiger partial charge is 0.354 e. The maximum Gasteiger partial charge on any atom is 0.354 e. The van der Waals surface area contributed by atoms with Crippen LogP contribution in [0.5, 0.6) is 40.2 Å². The minimum absolute atomic E-state index is 0.0112. The van der Waals surface area contributed by atoms with Crippen molar-refractivity contribution in [3.8, 4) is 40.2 Å². The summed E-state index contributed by atoms with van der Waals surface area (Å²) in [5.74, 6) is -0.0353. The van der Waals surface area contributed by atoms with Crippen LogP contribution in [-0.2, 0) is 19.6 Å². The van der Waals surface area contributed by atoms with E-state index in [1.165, 1.54) is 36.9 Å². The summed E-state index contributed by atoms with van der Waals surface area (Å²) in [6.07, 6.45) is 0. The number of esters is 1. The Labute approximate surface area is 414 Å². The van der Waals surface area contributed by atoms with Gasteiger partial charge in [0.1, 0.15) is 45.9 Å². The Bertz CT molecular complexity index is 3360. The van der Waals surface area contributed by atoms with E-state index >= 15 is 0 Å². The predicted molar refractivity (Wildman–Crippen MR) is 274 cm³/mol. The topological polar surface area (TPSA) is 270 Å². The number of phenolic OH excluding ortho intramolecular Hbond substituents is 5. The first-order valence-electron chi connectivity index (χ1n) is 21.9. The number of amides is 1. The number of rotatable bonds is 1. The summed E-state index contributed by atoms with van der Waals surface area (Å²) < 4.78 is 51.8. The van der Waals surface area contributed by atoms with Gasteiger partial charge in [-0.2, -0.15) is 0 Å². The van der Waals surface area contributed by atoms with Crippen LogP contribution in [0.3, 0.4) is 0 Å². The van der Waals surface area contributed by atoms with E-state index in [-0.39, 0.29) is 47.0 Å². The minimum Gasteiger partial charge on any atom is -0.508 e. The molecule has 19 heteroatoms. The summed E-state index contributed by atoms with van der Waals surface area (Å²) in [7, 11) is -1.97. The predicted octanol–water partition coefficient (Wildman–Crippen LogP) is 9.48. The maximum atomic E-state index is 12.3. The Morgan fingerprint density at radius 2 is 1.21 bits per heavy atom. The molecule has 2 aliphatic heterocycles. The molecule has 0 atom stereocenters. The average Bonchev–Trinajstić information content (AvgIpc) is 3.81. The van der Waals surface area contributed by atoms with Gasteiger partial charge in [0.05, 0.1) is 23.8 Å². The number of methoxy groups -OCH3 is 1. The lowest BCUT2D eigenvalue weighted by molar-refractivity contribution is -0.118. The zero-order chi connectivity index (χ0) is 53.0. The highest BCUT2D eigenvalue weighted by molar-refractivity contribution is 7.92. The molecular weight excluding hydrogens is 952 g/mol. The number of hydrogen-bond acceptors (Lipinski definition) is 13. The second-order valence-electron chi connectivity index (χ2n) is 16.5. The molecule has 2 aliphatic rings. The molecule has 4 heterocycles. The van der Waals surface area contributed by atoms with Crippen molar-refractivity contribution in [3.05, 3.63) is 170 Å². The van der Waals surface area contributed by atoms with Crippen molar-refractivity contribution in [2.45, 2.75) is 48.5 Å². The first kappa shape index (κ1) is 54.2. The number of carbonyl (C=O) groups is 2. The van der Waals surface area contributed by atoms with E-state index in [4.69, 9.17) is 19.7 Å². The number of aromatic hydroxyl groups is 5. The monoisotopic (exact) mass is 1010 g/mol. The number of aryl methyl sites for hydroxylation is 7. The zero-order valence-corrected chi connectivity index (χ0v) is 41.4. The molecule has 8 aromatic rings. The molecule has 0 saturated carbocycles. The molecule has 0 spiro atoms. The largest absolute Gasteiger partial charge is 0.508 e. The Morgan fingerprint density at radius 1 is 0.611 bits per heavy atom. The highest BCUT2D eigenvalue weighted by atomic mass is 32.2. The highest BCUT2D eigenvalue weighted by Crippen LogP contribution is 2.38. The number of fused-ring (bicyclic) bond motifs is 4. The van der Waals surface area contributed by atoms with Crippen molar-refractivity contribution in [3.63, 3.8) is 0 Å². The van der Waals surface area contributed by atoms with Gasteiger partial charge >= 0.3 is 5.97 Å². The highest BCUT2D eigenvalue weighted by Gasteiger charge is 2.22. The van der Waals surface area contributed by atoms with Crippen molar-refractivity contribution < 1.29 is 62.1 Å². The standard InChI is InChI=1S/C11H11NO3.C10H9NO2.C9H9NO3.C8H9NO3S.C8H10O.C7H7FO/c1-6-3-4-9(13)10-7(6)5-8(12-10)11(14)15-2;1-6-2-4-8(12)10-7(6)3-5-9(13)11-10;1-5-2-3-6(11)8-9(5)13-4-7(12)10-8;1-6-3-2-4-7-8(6)12-5-13(10,11)9-7;1-6-3-4-8(9)5-7(6)2;1-5-2-3-7(9)6(8)4-5/h3-5,12-13H,1-2H3;2-5,12H,1H3,(H,11,13);2-3,11H,4H2,1H3,(H,10,12);2-4,9H,5H2,1H3;3-5,9H,1-2H3;2-4,9H,1H3. The van der Waals surface area contributed by atoms with Crippen LogP contribution in [0.2, 0.25) is 0 Å². The van der Waals surface area contributed by atoms with E-state index in [2.05, 4.69) is 24.7 Å². The number of para-hydroxylation sites is 1. The van der Waals surface area contributed by atoms with Gasteiger partial charge in [-0.15, -0.1) is 0 Å². The van der Waals surface area contributed by atoms with E-state index < -0.39 is 21.8 Å². The Kier molecular flexibility index (Phi) is 17.9. The molecule has 1 amide bonds. The van der Waals surface area contributed by atoms with Crippen LogP contribution in [0.4, 0.5) is 15.8 Å². The number of phenols is 5. The number of sulfonamides is 1. The van der Waals surface area contributed by atoms with Gasteiger partial charge in [0.15, 0.2) is 18.2 Å². The molecule has 378 valence electrons. The first-order chi connectivity index (χ1) is 34.0. The average molecular weight is 1010 g/mol. The molecule has 72 heavy (non-hydrogen) atoms. The first-order valence-corrected chi connectivity index (χ1v) is 23.5. The number of hydrogen-bond donors (Lipinski definition) is 9. The number of H-pyrrole nitrogens is 2. The second-order valence-corrected chi connectivity index (χ2v) is 18.1. The van der Waals surface area contributed by atoms with Gasteiger partial charge in [-0.1, -0.05) is 42.5 Å². The van der Waals surface area contributed by atoms with Gasteiger partial charge < -0.3 is 55.0 Å². The van der Waals surface area contributed by atoms with E-state index in [1.807, 2.05) is 59.7 Å². The summed E-state index contributed by atoms with van der Waals surface area (Å²) >= 11 is 0. The Morgan fingerprint density at radius 3 is 1.82 bits per heavy atom. The lowest BCUT2D eigenvalue weighted by Gasteiger charge is -2.20. The van der Waals surface area contributed by atoms with Gasteiger partial charge in [-0.25, -0.2) is 17.6 Å². The van der Waals surface area contributed by atoms with Gasteiger partial charge in [0, 0.05) is 16.8 Å². The van der Waals surface area contributed by atoms with Crippen LogP contribution in [0.25, 0.3) is 21.8 Å². The molecule has 0 saturated heterocycles. The molecule has 9 N–H and O–H groups in total. The number of anilines is 2. The number of carbonyl (C=O) groups excluding carboxylic acids is 2. The van der Waals surface area contributed by atoms with Gasteiger partial charge in [0.25, 0.3) is 15.9 Å². The van der Waals surface area contributed by atoms with Crippen LogP contribution in [0.1, 0.15) is 49.4 Å². The SMILES string of the molecule is COC(=O)c1cc2c(C)ccc(O)c2[nH]1.Cc1ccc(O)c(F)c1.Cc1ccc(O)c2[nH]c(=O)ccc12.Cc1ccc(O)c2c1OCC(=O)N2.Cc1ccc(O)cc1C.Cc1cccc2c1OCS(=O)(=O)N2. The molecule has 0 unspecified atom stereocenters. The molecule has 6 aromatic carbocycles. The fourth-order valence-corrected chi connectivity index (χ4v) is 7.67. The fourth-order valence-electron chi connectivity index (χ4n) is 6.84. The molecule has 0 aliphatic carbocycles. The lowest BCUT2D eigenvalue weighted by Crippen LogP contribution is -2.25. The number of aromatic amines is 2. The molecule has 0 bridgehead atoms. The van der Waals surface area contributed by atoms with Crippen molar-refractivity contribution in [2.75, 3.05) is 29.7 Å². The molecule has 2 aromatic heterocycles. The van der Waals surface area contributed by atoms with Crippen LogP contribution in [0, 0.1) is 54.3 Å². The molecule has 0 fully saturated rings. The molecule has 10 rings (SSSR count). The Hall–Kier alpha value is -8.71. The number of pyridine rings is 1. The van der Waals surface area contributed by atoms with Gasteiger partial charge in [-0.05, 0) is 148 Å². The Balaban J connectivity index is 0.000000162. The summed E-state index contributed by atoms with van der Waals surface area (Å²) in [5, 5.41) is 50.3. The molecule has 0 radical (unpaired) electrons. The van der Waals surface area contributed by atoms with E-state index in [0.717, 1.165) is 44.2 Å². The van der Waals surface area contributed by atoms with Crippen LogP contribution >= 0.6 is 0 Å². The number of aromatic nitrogens is 2. The van der Waals surface area contributed by atoms with E-state index in [9.17, 15) is 42.5 Å². The maximum absolute atomic E-state index is 12.3. The van der Waals surface area contributed by atoms with Crippen molar-refractivity contribution >= 4 is 55.1 Å². The third-order valence-corrected chi connectivity index (χ3v) is 11.8. The quantitative estimate of drug-likeness (QED) is 0.0548. The number of benzene rings is 6. The summed E-state index contributed by atoms with van der Waals surface area (Å²) in [4.78, 5) is 38.6. The van der Waals surface area contributed by atoms with Crippen LogP contribution in [0.15, 0.2) is 114 Å². The van der Waals surface area contributed by atoms with Crippen molar-refractivity contribution in [1.29, 1.82) is 0 Å². The summed E-state index contributed by atoms with van der Waals surface area (Å²) in [6, 6.07) is 29.9. The molecule has 17 nitrogen and oxygen atoms in total. The summed E-state index contributed by atoms with van der Waals surface area (Å²) in [5.41, 5.74) is 9.12. The van der Waals surface area contributed by atoms with Gasteiger partial charge in [0.2, 0.25) is 11.5 Å². The van der Waals surface area contributed by atoms with E-state index in [1.54, 1.807) is 73.7 Å². The fraction of sp³-hybridized carbons (Fsp3) is 0.189. The van der Waals surface area contributed by atoms with E-state index in [0.29, 0.717) is 45.4 Å². The summed E-state index contributed by atoms with van der Waals surface area (Å²) in [6.45, 7) is 13.4. The van der Waals surface area contributed by atoms with Crippen LogP contribution < -0.4 is 25.1 Å². The minimum atomic E-state index is -3.29. The number of halogens is 1. The van der Waals surface area contributed by atoms with Crippen molar-refractivity contribution in [1.82, 2.24) is 9.97 Å². The third-order valence-electron chi connectivity index (χ3n) is 10.9. The van der Waals surface area contributed by atoms with Gasteiger partial charge in [-0.3, -0.25) is 14.3 Å². The number of ether oxygens (including phenoxy) is 3. The normalized spacial score (nSPS) is 12.4.